The molecule has 0 amide bonds. The first-order chi connectivity index (χ1) is 8.06. The molecule has 1 aliphatic rings. The maximum atomic E-state index is 13.0. The van der Waals surface area contributed by atoms with E-state index in [-0.39, 0.29) is 11.9 Å². The first-order valence-corrected chi connectivity index (χ1v) is 7.06. The van der Waals surface area contributed by atoms with Crippen molar-refractivity contribution in [1.29, 1.82) is 0 Å². The van der Waals surface area contributed by atoms with E-state index in [9.17, 15) is 4.39 Å². The Kier molecular flexibility index (Phi) is 4.21. The summed E-state index contributed by atoms with van der Waals surface area (Å²) in [6.07, 6.45) is 4.03. The minimum atomic E-state index is -0.196. The van der Waals surface area contributed by atoms with Crippen LogP contribution in [0, 0.1) is 11.7 Å². The molecular weight excluding hydrogens is 281 g/mol. The summed E-state index contributed by atoms with van der Waals surface area (Å²) in [4.78, 5) is 0. The van der Waals surface area contributed by atoms with Crippen LogP contribution in [0.3, 0.4) is 0 Å². The highest BCUT2D eigenvalue weighted by molar-refractivity contribution is 9.10. The van der Waals surface area contributed by atoms with E-state index >= 15 is 0 Å². The van der Waals surface area contributed by atoms with Crippen molar-refractivity contribution in [3.63, 3.8) is 0 Å². The smallest absolute Gasteiger partial charge is 0.124 e. The predicted octanol–water partition coefficient (Wildman–Crippen LogP) is 4.43. The van der Waals surface area contributed by atoms with Crippen LogP contribution in [0.25, 0.3) is 0 Å². The molecular formula is C14H19BrFN. The van der Waals surface area contributed by atoms with Gasteiger partial charge in [-0.1, -0.05) is 34.8 Å². The third kappa shape index (κ3) is 3.78. The molecule has 2 rings (SSSR count). The van der Waals surface area contributed by atoms with Gasteiger partial charge in [0.1, 0.15) is 5.82 Å². The van der Waals surface area contributed by atoms with Crippen molar-refractivity contribution in [3.8, 4) is 0 Å². The summed E-state index contributed by atoms with van der Waals surface area (Å²) in [5.41, 5.74) is 1.12. The molecule has 1 fully saturated rings. The van der Waals surface area contributed by atoms with Gasteiger partial charge in [0.2, 0.25) is 0 Å². The molecule has 1 N–H and O–H groups in total. The second-order valence-electron chi connectivity index (χ2n) is 5.13. The fourth-order valence-electron chi connectivity index (χ4n) is 2.29. The molecule has 1 aliphatic carbocycles. The Morgan fingerprint density at radius 3 is 2.71 bits per heavy atom. The maximum Gasteiger partial charge on any atom is 0.124 e. The zero-order valence-corrected chi connectivity index (χ0v) is 11.9. The third-order valence-electron chi connectivity index (χ3n) is 3.35. The Morgan fingerprint density at radius 2 is 2.12 bits per heavy atom. The van der Waals surface area contributed by atoms with Crippen LogP contribution < -0.4 is 5.32 Å². The van der Waals surface area contributed by atoms with Crippen molar-refractivity contribution in [1.82, 2.24) is 5.32 Å². The number of rotatable bonds is 5. The maximum absolute atomic E-state index is 13.0. The van der Waals surface area contributed by atoms with E-state index in [0.717, 1.165) is 16.0 Å². The van der Waals surface area contributed by atoms with Crippen LogP contribution in [0.4, 0.5) is 4.39 Å². The molecule has 0 spiro atoms. The van der Waals surface area contributed by atoms with Crippen molar-refractivity contribution in [2.75, 3.05) is 0 Å². The standard InChI is InChI=1S/C14H19BrFN/c1-9(7-11-3-4-11)17-10(2)13-6-5-12(16)8-14(13)15/h5-6,8-11,17H,3-4,7H2,1-2H3. The first kappa shape index (κ1) is 13.0. The molecule has 0 heterocycles. The Hall–Kier alpha value is -0.410. The van der Waals surface area contributed by atoms with Gasteiger partial charge in [-0.05, 0) is 43.9 Å². The van der Waals surface area contributed by atoms with Crippen LogP contribution in [-0.2, 0) is 0 Å². The van der Waals surface area contributed by atoms with Gasteiger partial charge >= 0.3 is 0 Å². The number of benzene rings is 1. The highest BCUT2D eigenvalue weighted by Gasteiger charge is 2.24. The quantitative estimate of drug-likeness (QED) is 0.848. The minimum absolute atomic E-state index is 0.196. The molecule has 0 saturated heterocycles. The number of halogens is 2. The van der Waals surface area contributed by atoms with E-state index < -0.39 is 0 Å². The van der Waals surface area contributed by atoms with Gasteiger partial charge in [-0.15, -0.1) is 0 Å². The second-order valence-corrected chi connectivity index (χ2v) is 5.99. The number of hydrogen-bond acceptors (Lipinski definition) is 1. The first-order valence-electron chi connectivity index (χ1n) is 6.27. The van der Waals surface area contributed by atoms with Gasteiger partial charge in [0.15, 0.2) is 0 Å². The van der Waals surface area contributed by atoms with Crippen molar-refractivity contribution in [2.24, 2.45) is 5.92 Å². The van der Waals surface area contributed by atoms with E-state index in [1.54, 1.807) is 0 Å². The van der Waals surface area contributed by atoms with Crippen molar-refractivity contribution < 1.29 is 4.39 Å². The van der Waals surface area contributed by atoms with E-state index in [1.165, 1.54) is 31.4 Å². The molecule has 0 bridgehead atoms. The van der Waals surface area contributed by atoms with Crippen LogP contribution in [0.1, 0.15) is 44.7 Å². The topological polar surface area (TPSA) is 12.0 Å². The van der Waals surface area contributed by atoms with Gasteiger partial charge in [-0.25, -0.2) is 4.39 Å². The molecule has 0 radical (unpaired) electrons. The SMILES string of the molecule is CC(CC1CC1)NC(C)c1ccc(F)cc1Br. The number of hydrogen-bond donors (Lipinski definition) is 1. The molecule has 3 heteroatoms. The summed E-state index contributed by atoms with van der Waals surface area (Å²) in [5.74, 6) is 0.736. The highest BCUT2D eigenvalue weighted by atomic mass is 79.9. The zero-order chi connectivity index (χ0) is 12.4. The van der Waals surface area contributed by atoms with Crippen LogP contribution in [-0.4, -0.2) is 6.04 Å². The lowest BCUT2D eigenvalue weighted by molar-refractivity contribution is 0.437. The molecule has 94 valence electrons. The fraction of sp³-hybridized carbons (Fsp3) is 0.571. The molecule has 1 saturated carbocycles. The van der Waals surface area contributed by atoms with E-state index in [0.29, 0.717) is 6.04 Å². The Labute approximate surface area is 111 Å². The van der Waals surface area contributed by atoms with Gasteiger partial charge in [-0.2, -0.15) is 0 Å². The summed E-state index contributed by atoms with van der Waals surface area (Å²) in [7, 11) is 0. The van der Waals surface area contributed by atoms with E-state index in [4.69, 9.17) is 0 Å². The van der Waals surface area contributed by atoms with Crippen LogP contribution >= 0.6 is 15.9 Å². The Bertz CT molecular complexity index is 390. The summed E-state index contributed by atoms with van der Waals surface area (Å²) >= 11 is 3.42. The van der Waals surface area contributed by atoms with E-state index in [2.05, 4.69) is 35.1 Å². The molecule has 17 heavy (non-hydrogen) atoms. The Balaban J connectivity index is 1.95. The summed E-state index contributed by atoms with van der Waals surface area (Å²) < 4.78 is 13.8. The average molecular weight is 300 g/mol. The lowest BCUT2D eigenvalue weighted by Crippen LogP contribution is -2.29. The monoisotopic (exact) mass is 299 g/mol. The second kappa shape index (κ2) is 5.49. The fourth-order valence-corrected chi connectivity index (χ4v) is 2.99. The summed E-state index contributed by atoms with van der Waals surface area (Å²) in [5, 5.41) is 3.58. The van der Waals surface area contributed by atoms with E-state index in [1.807, 2.05) is 6.07 Å². The summed E-state index contributed by atoms with van der Waals surface area (Å²) in [6, 6.07) is 5.66. The molecule has 0 aliphatic heterocycles. The average Bonchev–Trinajstić information content (AvgIpc) is 3.00. The highest BCUT2D eigenvalue weighted by Crippen LogP contribution is 2.34. The molecule has 0 aromatic heterocycles. The molecule has 2 atom stereocenters. The van der Waals surface area contributed by atoms with Crippen LogP contribution in [0.15, 0.2) is 22.7 Å². The lowest BCUT2D eigenvalue weighted by atomic mass is 10.1. The third-order valence-corrected chi connectivity index (χ3v) is 4.03. The van der Waals surface area contributed by atoms with Crippen LogP contribution in [0.2, 0.25) is 0 Å². The normalized spacial score (nSPS) is 19.1. The van der Waals surface area contributed by atoms with Gasteiger partial charge in [0, 0.05) is 16.6 Å². The molecule has 1 nitrogen and oxygen atoms in total. The lowest BCUT2D eigenvalue weighted by Gasteiger charge is -2.21. The van der Waals surface area contributed by atoms with Crippen molar-refractivity contribution in [2.45, 2.75) is 45.2 Å². The minimum Gasteiger partial charge on any atom is -0.308 e. The molecule has 1 aromatic carbocycles. The van der Waals surface area contributed by atoms with Crippen molar-refractivity contribution >= 4 is 15.9 Å². The molecule has 2 unspecified atom stereocenters. The van der Waals surface area contributed by atoms with Gasteiger partial charge < -0.3 is 5.32 Å². The van der Waals surface area contributed by atoms with Crippen LogP contribution in [0.5, 0.6) is 0 Å². The molecule has 1 aromatic rings. The van der Waals surface area contributed by atoms with Gasteiger partial charge in [0.05, 0.1) is 0 Å². The number of nitrogens with one attached hydrogen (secondary N) is 1. The van der Waals surface area contributed by atoms with Crippen molar-refractivity contribution in [3.05, 3.63) is 34.1 Å². The summed E-state index contributed by atoms with van der Waals surface area (Å²) in [6.45, 7) is 4.35. The van der Waals surface area contributed by atoms with Gasteiger partial charge in [-0.3, -0.25) is 0 Å². The predicted molar refractivity (Wildman–Crippen MR) is 72.5 cm³/mol. The zero-order valence-electron chi connectivity index (χ0n) is 10.3. The Morgan fingerprint density at radius 1 is 1.41 bits per heavy atom. The largest absolute Gasteiger partial charge is 0.308 e. The van der Waals surface area contributed by atoms with Gasteiger partial charge in [0.25, 0.3) is 0 Å².